The van der Waals surface area contributed by atoms with Gasteiger partial charge in [0.1, 0.15) is 5.82 Å². The molecule has 4 nitrogen and oxygen atoms in total. The first-order valence-electron chi connectivity index (χ1n) is 4.09. The Bertz CT molecular complexity index is 333. The molecule has 0 atom stereocenters. The number of carbonyl (C=O) groups excluding carboxylic acids is 1. The number of carbonyl (C=O) groups is 1. The SMILES string of the molecule is COC(=O)/C=C(/N)Nc1ccccc1. The van der Waals surface area contributed by atoms with Gasteiger partial charge in [-0.15, -0.1) is 0 Å². The molecule has 1 aromatic carbocycles. The van der Waals surface area contributed by atoms with Gasteiger partial charge >= 0.3 is 5.97 Å². The van der Waals surface area contributed by atoms with E-state index in [2.05, 4.69) is 10.1 Å². The van der Waals surface area contributed by atoms with Crippen molar-refractivity contribution >= 4 is 11.7 Å². The molecule has 74 valence electrons. The lowest BCUT2D eigenvalue weighted by atomic mass is 10.3. The van der Waals surface area contributed by atoms with E-state index in [9.17, 15) is 4.79 Å². The van der Waals surface area contributed by atoms with Crippen LogP contribution in [0.4, 0.5) is 5.69 Å². The highest BCUT2D eigenvalue weighted by atomic mass is 16.5. The first-order valence-corrected chi connectivity index (χ1v) is 4.09. The zero-order valence-corrected chi connectivity index (χ0v) is 7.86. The molecule has 0 bridgehead atoms. The van der Waals surface area contributed by atoms with Crippen LogP contribution in [0.3, 0.4) is 0 Å². The third kappa shape index (κ3) is 3.18. The highest BCUT2D eigenvalue weighted by molar-refractivity contribution is 5.83. The summed E-state index contributed by atoms with van der Waals surface area (Å²) in [6.07, 6.45) is 1.19. The maximum Gasteiger partial charge on any atom is 0.334 e. The normalized spacial score (nSPS) is 10.8. The molecule has 0 fully saturated rings. The number of hydrogen-bond donors (Lipinski definition) is 2. The molecule has 4 heteroatoms. The van der Waals surface area contributed by atoms with Crippen LogP contribution < -0.4 is 11.1 Å². The Kier molecular flexibility index (Phi) is 3.55. The van der Waals surface area contributed by atoms with E-state index in [1.807, 2.05) is 30.3 Å². The molecule has 0 unspecified atom stereocenters. The Labute approximate surface area is 82.4 Å². The number of benzene rings is 1. The monoisotopic (exact) mass is 192 g/mol. The second kappa shape index (κ2) is 4.91. The number of para-hydroxylation sites is 1. The number of rotatable bonds is 3. The second-order valence-electron chi connectivity index (χ2n) is 2.61. The summed E-state index contributed by atoms with van der Waals surface area (Å²) >= 11 is 0. The van der Waals surface area contributed by atoms with Gasteiger partial charge in [0.25, 0.3) is 0 Å². The maximum absolute atomic E-state index is 10.8. The first-order chi connectivity index (χ1) is 6.72. The molecule has 0 saturated heterocycles. The second-order valence-corrected chi connectivity index (χ2v) is 2.61. The summed E-state index contributed by atoms with van der Waals surface area (Å²) in [4.78, 5) is 10.8. The van der Waals surface area contributed by atoms with Gasteiger partial charge in [0.15, 0.2) is 0 Å². The van der Waals surface area contributed by atoms with Crippen molar-refractivity contribution in [3.63, 3.8) is 0 Å². The molecule has 14 heavy (non-hydrogen) atoms. The summed E-state index contributed by atoms with van der Waals surface area (Å²) in [5.74, 6) is -0.228. The van der Waals surface area contributed by atoms with Gasteiger partial charge in [-0.25, -0.2) is 4.79 Å². The van der Waals surface area contributed by atoms with Gasteiger partial charge in [-0.1, -0.05) is 18.2 Å². The van der Waals surface area contributed by atoms with Crippen molar-refractivity contribution in [2.75, 3.05) is 12.4 Å². The molecule has 0 aromatic heterocycles. The molecule has 1 aromatic rings. The smallest absolute Gasteiger partial charge is 0.334 e. The Morgan fingerprint density at radius 1 is 1.43 bits per heavy atom. The third-order valence-corrected chi connectivity index (χ3v) is 1.54. The van der Waals surface area contributed by atoms with Gasteiger partial charge < -0.3 is 15.8 Å². The zero-order chi connectivity index (χ0) is 10.4. The molecule has 0 heterocycles. The minimum Gasteiger partial charge on any atom is -0.466 e. The highest BCUT2D eigenvalue weighted by Gasteiger charge is 1.97. The topological polar surface area (TPSA) is 64.3 Å². The summed E-state index contributed by atoms with van der Waals surface area (Å²) in [6, 6.07) is 9.32. The van der Waals surface area contributed by atoms with Crippen molar-refractivity contribution in [2.45, 2.75) is 0 Å². The molecule has 0 aliphatic heterocycles. The van der Waals surface area contributed by atoms with Crippen LogP contribution in [0.5, 0.6) is 0 Å². The molecule has 0 saturated carbocycles. The van der Waals surface area contributed by atoms with E-state index in [0.717, 1.165) is 5.69 Å². The van der Waals surface area contributed by atoms with Gasteiger partial charge in [0.2, 0.25) is 0 Å². The van der Waals surface area contributed by atoms with Crippen molar-refractivity contribution in [1.82, 2.24) is 0 Å². The molecular formula is C10H12N2O2. The van der Waals surface area contributed by atoms with Crippen molar-refractivity contribution in [3.05, 3.63) is 42.2 Å². The fourth-order valence-corrected chi connectivity index (χ4v) is 0.910. The van der Waals surface area contributed by atoms with E-state index in [0.29, 0.717) is 0 Å². The van der Waals surface area contributed by atoms with Crippen LogP contribution >= 0.6 is 0 Å². The fraction of sp³-hybridized carbons (Fsp3) is 0.100. The van der Waals surface area contributed by atoms with E-state index >= 15 is 0 Å². The summed E-state index contributed by atoms with van der Waals surface area (Å²) in [7, 11) is 1.30. The summed E-state index contributed by atoms with van der Waals surface area (Å²) in [5.41, 5.74) is 6.36. The largest absolute Gasteiger partial charge is 0.466 e. The molecule has 0 spiro atoms. The van der Waals surface area contributed by atoms with Gasteiger partial charge in [-0.05, 0) is 12.1 Å². The summed E-state index contributed by atoms with van der Waals surface area (Å²) in [5, 5.41) is 2.85. The number of esters is 1. The average Bonchev–Trinajstić information content (AvgIpc) is 2.19. The molecule has 0 radical (unpaired) electrons. The molecule has 3 N–H and O–H groups in total. The first kappa shape index (κ1) is 10.1. The van der Waals surface area contributed by atoms with Crippen LogP contribution in [0.25, 0.3) is 0 Å². The standard InChI is InChI=1S/C10H12N2O2/c1-14-10(13)7-9(11)12-8-5-3-2-4-6-8/h2-7,12H,11H2,1H3/b9-7-. The lowest BCUT2D eigenvalue weighted by Gasteiger charge is -2.04. The third-order valence-electron chi connectivity index (χ3n) is 1.54. The van der Waals surface area contributed by atoms with Crippen molar-refractivity contribution in [1.29, 1.82) is 0 Å². The maximum atomic E-state index is 10.8. The van der Waals surface area contributed by atoms with Gasteiger partial charge in [0.05, 0.1) is 13.2 Å². The minimum absolute atomic E-state index is 0.253. The van der Waals surface area contributed by atoms with E-state index in [-0.39, 0.29) is 5.82 Å². The number of anilines is 1. The number of methoxy groups -OCH3 is 1. The van der Waals surface area contributed by atoms with E-state index in [1.54, 1.807) is 0 Å². The quantitative estimate of drug-likeness (QED) is 0.555. The van der Waals surface area contributed by atoms with Crippen LogP contribution in [0.15, 0.2) is 42.2 Å². The van der Waals surface area contributed by atoms with Crippen LogP contribution in [-0.4, -0.2) is 13.1 Å². The lowest BCUT2D eigenvalue weighted by Crippen LogP contribution is -2.12. The average molecular weight is 192 g/mol. The molecule has 0 amide bonds. The van der Waals surface area contributed by atoms with Gasteiger partial charge in [-0.2, -0.15) is 0 Å². The molecule has 0 aliphatic carbocycles. The van der Waals surface area contributed by atoms with Crippen molar-refractivity contribution in [2.24, 2.45) is 5.73 Å². The predicted molar refractivity (Wildman–Crippen MR) is 54.4 cm³/mol. The Morgan fingerprint density at radius 2 is 2.07 bits per heavy atom. The van der Waals surface area contributed by atoms with Crippen LogP contribution in [0, 0.1) is 0 Å². The summed E-state index contributed by atoms with van der Waals surface area (Å²) in [6.45, 7) is 0. The number of nitrogens with one attached hydrogen (secondary N) is 1. The summed E-state index contributed by atoms with van der Waals surface area (Å²) < 4.78 is 4.42. The molecular weight excluding hydrogens is 180 g/mol. The fourth-order valence-electron chi connectivity index (χ4n) is 0.910. The number of ether oxygens (including phenoxy) is 1. The van der Waals surface area contributed by atoms with Crippen LogP contribution in [-0.2, 0) is 9.53 Å². The highest BCUT2D eigenvalue weighted by Crippen LogP contribution is 2.06. The van der Waals surface area contributed by atoms with Gasteiger partial charge in [0, 0.05) is 5.69 Å². The van der Waals surface area contributed by atoms with E-state index < -0.39 is 5.97 Å². The Balaban J connectivity index is 2.61. The molecule has 0 aliphatic rings. The van der Waals surface area contributed by atoms with Crippen molar-refractivity contribution < 1.29 is 9.53 Å². The zero-order valence-electron chi connectivity index (χ0n) is 7.86. The Hall–Kier alpha value is -1.97. The lowest BCUT2D eigenvalue weighted by molar-refractivity contribution is -0.134. The minimum atomic E-state index is -0.481. The van der Waals surface area contributed by atoms with Crippen LogP contribution in [0.2, 0.25) is 0 Å². The Morgan fingerprint density at radius 3 is 2.64 bits per heavy atom. The molecule has 1 rings (SSSR count). The number of nitrogens with two attached hydrogens (primary N) is 1. The number of hydrogen-bond acceptors (Lipinski definition) is 4. The van der Waals surface area contributed by atoms with Gasteiger partial charge in [-0.3, -0.25) is 0 Å². The predicted octanol–water partition coefficient (Wildman–Crippen LogP) is 1.07. The van der Waals surface area contributed by atoms with E-state index in [4.69, 9.17) is 5.73 Å². The van der Waals surface area contributed by atoms with Crippen molar-refractivity contribution in [3.8, 4) is 0 Å². The van der Waals surface area contributed by atoms with Crippen LogP contribution in [0.1, 0.15) is 0 Å². The van der Waals surface area contributed by atoms with E-state index in [1.165, 1.54) is 13.2 Å².